The summed E-state index contributed by atoms with van der Waals surface area (Å²) in [4.78, 5) is 8.85. The smallest absolute Gasteiger partial charge is 0.227 e. The maximum absolute atomic E-state index is 5.96. The third-order valence-electron chi connectivity index (χ3n) is 2.84. The Morgan fingerprint density at radius 2 is 1.70 bits per heavy atom. The summed E-state index contributed by atoms with van der Waals surface area (Å²) in [5, 5.41) is 0. The van der Waals surface area contributed by atoms with Gasteiger partial charge in [-0.05, 0) is 53.8 Å². The minimum absolute atomic E-state index is 0.175. The van der Waals surface area contributed by atoms with E-state index >= 15 is 0 Å². The van der Waals surface area contributed by atoms with E-state index in [-0.39, 0.29) is 5.41 Å². The Morgan fingerprint density at radius 1 is 1.10 bits per heavy atom. The van der Waals surface area contributed by atoms with Crippen LogP contribution in [0.1, 0.15) is 32.2 Å². The van der Waals surface area contributed by atoms with Crippen molar-refractivity contribution in [3.63, 3.8) is 0 Å². The number of nitrogen functional groups attached to an aromatic ring is 1. The van der Waals surface area contributed by atoms with E-state index in [0.29, 0.717) is 17.5 Å². The molecule has 0 amide bonds. The largest absolute Gasteiger partial charge is 0.439 e. The lowest BCUT2D eigenvalue weighted by atomic mass is 9.95. The average Bonchev–Trinajstić information content (AvgIpc) is 2.36. The van der Waals surface area contributed by atoms with E-state index in [4.69, 9.17) is 10.5 Å². The molecule has 0 bridgehead atoms. The van der Waals surface area contributed by atoms with Gasteiger partial charge < -0.3 is 10.5 Å². The summed E-state index contributed by atoms with van der Waals surface area (Å²) in [6.45, 7) is 8.01. The van der Waals surface area contributed by atoms with Crippen LogP contribution in [0.2, 0.25) is 0 Å². The molecule has 5 heteroatoms. The number of ether oxygens (including phenoxy) is 1. The van der Waals surface area contributed by atoms with Gasteiger partial charge in [0, 0.05) is 8.99 Å². The van der Waals surface area contributed by atoms with E-state index in [1.54, 1.807) is 0 Å². The second-order valence-electron chi connectivity index (χ2n) is 5.67. The highest BCUT2D eigenvalue weighted by atomic mass is 127. The molecule has 0 radical (unpaired) electrons. The van der Waals surface area contributed by atoms with Gasteiger partial charge in [0.15, 0.2) is 0 Å². The quantitative estimate of drug-likeness (QED) is 0.795. The molecule has 0 fully saturated rings. The molecule has 0 saturated carbocycles. The summed E-state index contributed by atoms with van der Waals surface area (Å²) in [5.41, 5.74) is 6.55. The second-order valence-corrected chi connectivity index (χ2v) is 6.91. The number of nitrogens with two attached hydrogens (primary N) is 1. The van der Waals surface area contributed by atoms with Crippen molar-refractivity contribution in [2.24, 2.45) is 0 Å². The number of hydrogen-bond donors (Lipinski definition) is 1. The van der Waals surface area contributed by atoms with Gasteiger partial charge in [-0.15, -0.1) is 0 Å². The van der Waals surface area contributed by atoms with Crippen LogP contribution < -0.4 is 10.5 Å². The first-order valence-electron chi connectivity index (χ1n) is 6.35. The highest BCUT2D eigenvalue weighted by Gasteiger charge is 2.21. The van der Waals surface area contributed by atoms with Crippen LogP contribution in [0.3, 0.4) is 0 Å². The molecule has 0 aliphatic heterocycles. The number of anilines is 1. The fourth-order valence-electron chi connectivity index (χ4n) is 1.56. The Hall–Kier alpha value is -1.37. The van der Waals surface area contributed by atoms with Crippen molar-refractivity contribution in [2.75, 3.05) is 5.73 Å². The maximum atomic E-state index is 5.96. The molecule has 1 aromatic carbocycles. The van der Waals surface area contributed by atoms with Crippen molar-refractivity contribution < 1.29 is 4.74 Å². The Kier molecular flexibility index (Phi) is 4.17. The first-order chi connectivity index (χ1) is 9.27. The molecule has 0 aliphatic carbocycles. The van der Waals surface area contributed by atoms with Gasteiger partial charge in [0.05, 0.1) is 5.56 Å². The summed E-state index contributed by atoms with van der Waals surface area (Å²) >= 11 is 2.25. The van der Waals surface area contributed by atoms with Crippen molar-refractivity contribution in [1.82, 2.24) is 9.97 Å². The van der Waals surface area contributed by atoms with Gasteiger partial charge in [0.1, 0.15) is 17.4 Å². The molecule has 0 unspecified atom stereocenters. The van der Waals surface area contributed by atoms with Crippen molar-refractivity contribution in [1.29, 1.82) is 0 Å². The van der Waals surface area contributed by atoms with E-state index in [1.165, 1.54) is 0 Å². The normalized spacial score (nSPS) is 11.4. The van der Waals surface area contributed by atoms with Gasteiger partial charge >= 0.3 is 0 Å². The van der Waals surface area contributed by atoms with Crippen LogP contribution in [0.15, 0.2) is 24.3 Å². The van der Waals surface area contributed by atoms with E-state index in [9.17, 15) is 0 Å². The summed E-state index contributed by atoms with van der Waals surface area (Å²) in [6.07, 6.45) is 0. The molecular formula is C15H18IN3O. The second kappa shape index (κ2) is 5.55. The molecule has 2 aromatic rings. The maximum Gasteiger partial charge on any atom is 0.227 e. The Balaban J connectivity index is 2.40. The molecule has 1 aromatic heterocycles. The van der Waals surface area contributed by atoms with Crippen molar-refractivity contribution in [3.05, 3.63) is 39.2 Å². The number of rotatable bonds is 2. The molecule has 0 saturated heterocycles. The minimum atomic E-state index is -0.175. The Labute approximate surface area is 132 Å². The zero-order valence-corrected chi connectivity index (χ0v) is 14.2. The molecule has 2 rings (SSSR count). The van der Waals surface area contributed by atoms with Crippen molar-refractivity contribution in [2.45, 2.75) is 33.1 Å². The summed E-state index contributed by atoms with van der Waals surface area (Å²) in [6, 6.07) is 7.80. The van der Waals surface area contributed by atoms with Crippen molar-refractivity contribution in [3.8, 4) is 11.6 Å². The molecule has 2 N–H and O–H groups in total. The summed E-state index contributed by atoms with van der Waals surface area (Å²) in [7, 11) is 0. The third kappa shape index (κ3) is 3.39. The van der Waals surface area contributed by atoms with Gasteiger partial charge in [-0.2, -0.15) is 4.98 Å². The molecular weight excluding hydrogens is 365 g/mol. The highest BCUT2D eigenvalue weighted by molar-refractivity contribution is 14.1. The number of halogens is 1. The van der Waals surface area contributed by atoms with Gasteiger partial charge in [-0.1, -0.05) is 20.8 Å². The highest BCUT2D eigenvalue weighted by Crippen LogP contribution is 2.29. The molecule has 106 valence electrons. The Bertz CT molecular complexity index is 618. The predicted octanol–water partition coefficient (Wildman–Crippen LogP) is 4.06. The SMILES string of the molecule is Cc1c(N)nc(C(C)(C)C)nc1Oc1ccc(I)cc1. The third-order valence-corrected chi connectivity index (χ3v) is 3.56. The van der Waals surface area contributed by atoms with Crippen LogP contribution in [0, 0.1) is 10.5 Å². The Morgan fingerprint density at radius 3 is 2.25 bits per heavy atom. The van der Waals surface area contributed by atoms with Gasteiger partial charge in [-0.3, -0.25) is 0 Å². The number of hydrogen-bond acceptors (Lipinski definition) is 4. The molecule has 20 heavy (non-hydrogen) atoms. The lowest BCUT2D eigenvalue weighted by Crippen LogP contribution is -2.18. The van der Waals surface area contributed by atoms with Crippen LogP contribution in [-0.4, -0.2) is 9.97 Å². The van der Waals surface area contributed by atoms with Crippen LogP contribution in [0.5, 0.6) is 11.6 Å². The van der Waals surface area contributed by atoms with Crippen LogP contribution in [-0.2, 0) is 5.41 Å². The first kappa shape index (κ1) is 15.0. The standard InChI is InChI=1S/C15H18IN3O/c1-9-12(17)18-14(15(2,3)4)19-13(9)20-11-7-5-10(16)6-8-11/h5-8H,1-4H3,(H2,17,18,19). The van der Waals surface area contributed by atoms with E-state index < -0.39 is 0 Å². The molecule has 4 nitrogen and oxygen atoms in total. The predicted molar refractivity (Wildman–Crippen MR) is 89.1 cm³/mol. The molecule has 0 atom stereocenters. The van der Waals surface area contributed by atoms with Gasteiger partial charge in [-0.25, -0.2) is 4.98 Å². The topological polar surface area (TPSA) is 61.0 Å². The average molecular weight is 383 g/mol. The minimum Gasteiger partial charge on any atom is -0.439 e. The van der Waals surface area contributed by atoms with Crippen LogP contribution >= 0.6 is 22.6 Å². The number of nitrogens with zero attached hydrogens (tertiary/aromatic N) is 2. The first-order valence-corrected chi connectivity index (χ1v) is 7.43. The van der Waals surface area contributed by atoms with E-state index in [1.807, 2.05) is 52.0 Å². The summed E-state index contributed by atoms with van der Waals surface area (Å²) in [5.74, 6) is 2.40. The van der Waals surface area contributed by atoms with E-state index in [2.05, 4.69) is 32.6 Å². The number of benzene rings is 1. The monoisotopic (exact) mass is 383 g/mol. The fraction of sp³-hybridized carbons (Fsp3) is 0.333. The van der Waals surface area contributed by atoms with Gasteiger partial charge in [0.2, 0.25) is 5.88 Å². The van der Waals surface area contributed by atoms with E-state index in [0.717, 1.165) is 14.9 Å². The van der Waals surface area contributed by atoms with Crippen LogP contribution in [0.4, 0.5) is 5.82 Å². The lowest BCUT2D eigenvalue weighted by molar-refractivity contribution is 0.442. The fourth-order valence-corrected chi connectivity index (χ4v) is 1.92. The zero-order valence-electron chi connectivity index (χ0n) is 12.1. The number of aromatic nitrogens is 2. The van der Waals surface area contributed by atoms with Crippen molar-refractivity contribution >= 4 is 28.4 Å². The zero-order chi connectivity index (χ0) is 14.9. The van der Waals surface area contributed by atoms with Crippen LogP contribution in [0.25, 0.3) is 0 Å². The molecule has 1 heterocycles. The molecule has 0 aliphatic rings. The summed E-state index contributed by atoms with van der Waals surface area (Å²) < 4.78 is 7.00. The molecule has 0 spiro atoms. The van der Waals surface area contributed by atoms with Gasteiger partial charge in [0.25, 0.3) is 0 Å². The lowest BCUT2D eigenvalue weighted by Gasteiger charge is -2.19.